The zero-order chi connectivity index (χ0) is 25.1. The summed E-state index contributed by atoms with van der Waals surface area (Å²) in [6.45, 7) is 2.63. The van der Waals surface area contributed by atoms with Crippen LogP contribution in [0.1, 0.15) is 36.1 Å². The molecule has 4 aromatic rings. The molecule has 1 atom stereocenters. The van der Waals surface area contributed by atoms with Gasteiger partial charge in [0.15, 0.2) is 0 Å². The Morgan fingerprint density at radius 3 is 2.31 bits per heavy atom. The second-order valence-electron chi connectivity index (χ2n) is 8.48. The number of hydrogen-bond donors (Lipinski definition) is 2. The molecule has 0 unspecified atom stereocenters. The van der Waals surface area contributed by atoms with Crippen LogP contribution in [-0.2, 0) is 6.54 Å². The van der Waals surface area contributed by atoms with E-state index in [1.54, 1.807) is 0 Å². The molecule has 0 saturated heterocycles. The summed E-state index contributed by atoms with van der Waals surface area (Å²) in [6.07, 6.45) is 0.364. The van der Waals surface area contributed by atoms with Crippen LogP contribution in [0.4, 0.5) is 5.69 Å². The minimum absolute atomic E-state index is 0.0000938. The maximum Gasteiger partial charge on any atom is 0.331 e. The number of H-pyrrole nitrogens is 1. The van der Waals surface area contributed by atoms with E-state index in [1.807, 2.05) is 96.9 Å². The molecule has 36 heavy (non-hydrogen) atoms. The van der Waals surface area contributed by atoms with Gasteiger partial charge in [-0.15, -0.1) is 0 Å². The van der Waals surface area contributed by atoms with Gasteiger partial charge in [-0.2, -0.15) is 5.10 Å². The minimum Gasteiger partial charge on any atom is -0.494 e. The quantitative estimate of drug-likeness (QED) is 0.414. The minimum atomic E-state index is -0.674. The number of para-hydroxylation sites is 1. The van der Waals surface area contributed by atoms with Crippen molar-refractivity contribution in [1.82, 2.24) is 9.55 Å². The van der Waals surface area contributed by atoms with E-state index in [9.17, 15) is 14.7 Å². The number of hydrogen-bond acceptors (Lipinski definition) is 6. The molecule has 2 heterocycles. The van der Waals surface area contributed by atoms with E-state index in [0.717, 1.165) is 27.1 Å². The van der Waals surface area contributed by atoms with Crippen molar-refractivity contribution in [1.29, 1.82) is 0 Å². The normalized spacial score (nSPS) is 15.1. The molecule has 0 aliphatic carbocycles. The number of rotatable bonds is 7. The molecule has 1 aliphatic heterocycles. The van der Waals surface area contributed by atoms with Crippen LogP contribution in [0, 0.1) is 0 Å². The molecule has 2 N–H and O–H groups in total. The molecule has 8 nitrogen and oxygen atoms in total. The van der Waals surface area contributed by atoms with Gasteiger partial charge >= 0.3 is 5.69 Å². The number of aromatic hydroxyl groups is 1. The summed E-state index contributed by atoms with van der Waals surface area (Å²) < 4.78 is 6.74. The van der Waals surface area contributed by atoms with Crippen LogP contribution in [0.25, 0.3) is 0 Å². The molecule has 3 aromatic carbocycles. The molecule has 0 fully saturated rings. The first-order chi connectivity index (χ1) is 17.5. The van der Waals surface area contributed by atoms with Gasteiger partial charge in [-0.05, 0) is 42.3 Å². The summed E-state index contributed by atoms with van der Waals surface area (Å²) >= 11 is 0. The third-order valence-electron chi connectivity index (χ3n) is 6.15. The van der Waals surface area contributed by atoms with Gasteiger partial charge in [0.2, 0.25) is 5.88 Å². The number of nitrogens with zero attached hydrogens (tertiary/aromatic N) is 3. The maximum absolute atomic E-state index is 12.9. The lowest BCUT2D eigenvalue weighted by Crippen LogP contribution is -2.34. The van der Waals surface area contributed by atoms with Gasteiger partial charge in [0.1, 0.15) is 11.3 Å². The largest absolute Gasteiger partial charge is 0.494 e. The fourth-order valence-electron chi connectivity index (χ4n) is 4.43. The van der Waals surface area contributed by atoms with Crippen molar-refractivity contribution in [2.24, 2.45) is 5.10 Å². The predicted octanol–water partition coefficient (Wildman–Crippen LogP) is 4.04. The highest BCUT2D eigenvalue weighted by atomic mass is 16.5. The van der Waals surface area contributed by atoms with Crippen molar-refractivity contribution in [3.05, 3.63) is 122 Å². The summed E-state index contributed by atoms with van der Waals surface area (Å²) in [5.41, 5.74) is 1.71. The Morgan fingerprint density at radius 1 is 0.972 bits per heavy atom. The Morgan fingerprint density at radius 2 is 1.64 bits per heavy atom. The lowest BCUT2D eigenvalue weighted by molar-refractivity contribution is 0.340. The molecule has 1 aliphatic rings. The van der Waals surface area contributed by atoms with E-state index in [-0.39, 0.29) is 18.2 Å². The highest BCUT2D eigenvalue weighted by Gasteiger charge is 2.33. The first-order valence-electron chi connectivity index (χ1n) is 11.8. The fourth-order valence-corrected chi connectivity index (χ4v) is 4.43. The Kier molecular flexibility index (Phi) is 6.40. The van der Waals surface area contributed by atoms with Crippen LogP contribution in [0.5, 0.6) is 11.6 Å². The van der Waals surface area contributed by atoms with Crippen molar-refractivity contribution in [2.45, 2.75) is 25.9 Å². The highest BCUT2D eigenvalue weighted by Crippen LogP contribution is 2.37. The smallest absolute Gasteiger partial charge is 0.331 e. The lowest BCUT2D eigenvalue weighted by atomic mass is 9.98. The van der Waals surface area contributed by atoms with E-state index in [0.29, 0.717) is 18.7 Å². The average molecular weight is 483 g/mol. The molecular weight excluding hydrogens is 456 g/mol. The van der Waals surface area contributed by atoms with Crippen LogP contribution in [-0.4, -0.2) is 27.0 Å². The second kappa shape index (κ2) is 9.95. The zero-order valence-electron chi connectivity index (χ0n) is 19.8. The van der Waals surface area contributed by atoms with Crippen LogP contribution < -0.4 is 21.0 Å². The summed E-state index contributed by atoms with van der Waals surface area (Å²) in [6, 6.07) is 26.5. The van der Waals surface area contributed by atoms with E-state index >= 15 is 0 Å². The topological polar surface area (TPSA) is 99.9 Å². The molecule has 0 amide bonds. The molecule has 182 valence electrons. The van der Waals surface area contributed by atoms with Crippen molar-refractivity contribution < 1.29 is 9.84 Å². The Labute approximate surface area is 207 Å². The number of nitrogens with one attached hydrogen (secondary N) is 1. The Hall–Kier alpha value is -4.59. The molecule has 0 bridgehead atoms. The standard InChI is InChI=1S/C28H26N4O4/c1-2-36-22-15-13-20(14-16-22)24-17-23(30-32(24)21-11-7-4-8-12-21)25-26(33)29-28(35)31(27(25)34)18-19-9-5-3-6-10-19/h3-16,24,34H,2,17-18H2,1H3,(H,29,33,35)/t24-/m1/s1. The van der Waals surface area contributed by atoms with E-state index in [1.165, 1.54) is 0 Å². The van der Waals surface area contributed by atoms with Crippen molar-refractivity contribution >= 4 is 11.4 Å². The van der Waals surface area contributed by atoms with Gasteiger partial charge in [0.25, 0.3) is 5.56 Å². The molecule has 8 heteroatoms. The zero-order valence-corrected chi connectivity index (χ0v) is 19.8. The fraction of sp³-hybridized carbons (Fsp3) is 0.179. The molecule has 0 spiro atoms. The van der Waals surface area contributed by atoms with Crippen molar-refractivity contribution in [3.63, 3.8) is 0 Å². The van der Waals surface area contributed by atoms with E-state index in [4.69, 9.17) is 9.84 Å². The second-order valence-corrected chi connectivity index (χ2v) is 8.48. The number of ether oxygens (including phenoxy) is 1. The average Bonchev–Trinajstić information content (AvgIpc) is 3.33. The Bertz CT molecular complexity index is 1490. The SMILES string of the molecule is CCOc1ccc([C@H]2CC(c3c(O)n(Cc4ccccc4)c(=O)[nH]c3=O)=NN2c2ccccc2)cc1. The van der Waals surface area contributed by atoms with E-state index in [2.05, 4.69) is 4.98 Å². The summed E-state index contributed by atoms with van der Waals surface area (Å²) in [7, 11) is 0. The first-order valence-corrected chi connectivity index (χ1v) is 11.8. The predicted molar refractivity (Wildman–Crippen MR) is 139 cm³/mol. The third-order valence-corrected chi connectivity index (χ3v) is 6.15. The first kappa shape index (κ1) is 23.2. The van der Waals surface area contributed by atoms with Gasteiger partial charge < -0.3 is 9.84 Å². The lowest BCUT2D eigenvalue weighted by Gasteiger charge is -2.24. The number of hydrazone groups is 1. The van der Waals surface area contributed by atoms with Gasteiger partial charge in [0, 0.05) is 6.42 Å². The summed E-state index contributed by atoms with van der Waals surface area (Å²) in [5.74, 6) is 0.375. The molecular formula is C28H26N4O4. The van der Waals surface area contributed by atoms with Gasteiger partial charge in [-0.25, -0.2) is 4.79 Å². The van der Waals surface area contributed by atoms with Gasteiger partial charge in [-0.3, -0.25) is 19.4 Å². The van der Waals surface area contributed by atoms with E-state index < -0.39 is 17.1 Å². The molecule has 1 aromatic heterocycles. The van der Waals surface area contributed by atoms with Gasteiger partial charge in [-0.1, -0.05) is 60.7 Å². The molecule has 0 radical (unpaired) electrons. The maximum atomic E-state index is 12.9. The summed E-state index contributed by atoms with van der Waals surface area (Å²) in [4.78, 5) is 27.8. The number of aromatic nitrogens is 2. The van der Waals surface area contributed by atoms with Crippen LogP contribution in [0.15, 0.2) is 99.6 Å². The molecule has 5 rings (SSSR count). The van der Waals surface area contributed by atoms with Crippen LogP contribution in [0.3, 0.4) is 0 Å². The monoisotopic (exact) mass is 482 g/mol. The van der Waals surface area contributed by atoms with Crippen LogP contribution in [0.2, 0.25) is 0 Å². The number of anilines is 1. The number of aromatic amines is 1. The van der Waals surface area contributed by atoms with Crippen molar-refractivity contribution in [3.8, 4) is 11.6 Å². The van der Waals surface area contributed by atoms with Crippen LogP contribution >= 0.6 is 0 Å². The Balaban J connectivity index is 1.57. The highest BCUT2D eigenvalue weighted by molar-refractivity contribution is 6.04. The molecule has 0 saturated carbocycles. The van der Waals surface area contributed by atoms with Crippen molar-refractivity contribution in [2.75, 3.05) is 11.6 Å². The van der Waals surface area contributed by atoms with Gasteiger partial charge in [0.05, 0.1) is 30.6 Å². The number of benzene rings is 3. The summed E-state index contributed by atoms with van der Waals surface area (Å²) in [5, 5.41) is 17.7. The third kappa shape index (κ3) is 4.53.